The zero-order valence-corrected chi connectivity index (χ0v) is 14.3. The average molecular weight is 346 g/mol. The molecule has 1 atom stereocenters. The van der Waals surface area contributed by atoms with Gasteiger partial charge in [-0.05, 0) is 68.0 Å². The van der Waals surface area contributed by atoms with Crippen LogP contribution < -0.4 is 10.1 Å². The molecule has 24 heavy (non-hydrogen) atoms. The van der Waals surface area contributed by atoms with E-state index >= 15 is 0 Å². The third-order valence-corrected chi connectivity index (χ3v) is 5.39. The number of hydrogen-bond donors (Lipinski definition) is 1. The molecule has 0 saturated carbocycles. The first-order valence-corrected chi connectivity index (χ1v) is 9.04. The van der Waals surface area contributed by atoms with Gasteiger partial charge in [0.15, 0.2) is 0 Å². The Balaban J connectivity index is 1.66. The van der Waals surface area contributed by atoms with Crippen molar-refractivity contribution in [3.05, 3.63) is 63.9 Å². The van der Waals surface area contributed by atoms with Crippen molar-refractivity contribution in [3.63, 3.8) is 0 Å². The second-order valence-corrected chi connectivity index (χ2v) is 7.11. The lowest BCUT2D eigenvalue weighted by Crippen LogP contribution is -2.27. The van der Waals surface area contributed by atoms with Crippen molar-refractivity contribution in [2.45, 2.75) is 37.7 Å². The summed E-state index contributed by atoms with van der Waals surface area (Å²) >= 11 is 5.88. The lowest BCUT2D eigenvalue weighted by atomic mass is 9.86. The van der Waals surface area contributed by atoms with Crippen LogP contribution in [0.15, 0.2) is 36.4 Å². The quantitative estimate of drug-likeness (QED) is 0.825. The molecule has 2 aromatic rings. The van der Waals surface area contributed by atoms with Crippen LogP contribution in [0, 0.1) is 5.82 Å². The van der Waals surface area contributed by atoms with Crippen LogP contribution in [0.1, 0.15) is 48.0 Å². The molecule has 2 nitrogen and oxygen atoms in total. The van der Waals surface area contributed by atoms with Crippen LogP contribution in [0.2, 0.25) is 5.02 Å². The van der Waals surface area contributed by atoms with Crippen LogP contribution in [0.25, 0.3) is 0 Å². The zero-order valence-electron chi connectivity index (χ0n) is 13.5. The largest absolute Gasteiger partial charge is 0.485 e. The Kier molecular flexibility index (Phi) is 4.47. The van der Waals surface area contributed by atoms with Crippen LogP contribution in [0.3, 0.4) is 0 Å². The number of piperidine rings is 1. The Morgan fingerprint density at radius 3 is 2.67 bits per heavy atom. The molecular formula is C20H21ClFNO. The first-order valence-electron chi connectivity index (χ1n) is 8.66. The van der Waals surface area contributed by atoms with Crippen LogP contribution >= 0.6 is 11.6 Å². The summed E-state index contributed by atoms with van der Waals surface area (Å²) in [7, 11) is 0. The standard InChI is InChI=1S/C20H21ClFNO/c21-15-5-6-17(18(22)12-15)19-7-4-14-2-1-3-16(20(14)24-19)13-8-10-23-11-9-13/h1-3,5-6,12-13,19,23H,4,7-11H2/t19-/m1/s1. The summed E-state index contributed by atoms with van der Waals surface area (Å²) in [6.45, 7) is 2.09. The highest BCUT2D eigenvalue weighted by molar-refractivity contribution is 6.30. The summed E-state index contributed by atoms with van der Waals surface area (Å²) in [6.07, 6.45) is 3.72. The van der Waals surface area contributed by atoms with Gasteiger partial charge in [-0.2, -0.15) is 0 Å². The zero-order chi connectivity index (χ0) is 16.5. The van der Waals surface area contributed by atoms with Gasteiger partial charge in [-0.25, -0.2) is 4.39 Å². The molecule has 0 radical (unpaired) electrons. The highest BCUT2D eigenvalue weighted by Gasteiger charge is 2.28. The fourth-order valence-electron chi connectivity index (χ4n) is 3.87. The fourth-order valence-corrected chi connectivity index (χ4v) is 4.03. The van der Waals surface area contributed by atoms with Crippen LogP contribution in [0.5, 0.6) is 5.75 Å². The Hall–Kier alpha value is -1.58. The van der Waals surface area contributed by atoms with Crippen molar-refractivity contribution in [2.75, 3.05) is 13.1 Å². The van der Waals surface area contributed by atoms with Crippen molar-refractivity contribution < 1.29 is 9.13 Å². The van der Waals surface area contributed by atoms with E-state index in [4.69, 9.17) is 16.3 Å². The van der Waals surface area contributed by atoms with Gasteiger partial charge in [0, 0.05) is 10.6 Å². The molecule has 2 aliphatic rings. The molecule has 4 heteroatoms. The molecule has 2 aromatic carbocycles. The SMILES string of the molecule is Fc1cc(Cl)ccc1[C@H]1CCc2cccc(C3CCNCC3)c2O1. The Labute approximate surface area is 147 Å². The maximum Gasteiger partial charge on any atom is 0.131 e. The molecule has 2 aliphatic heterocycles. The number of hydrogen-bond acceptors (Lipinski definition) is 2. The van der Waals surface area contributed by atoms with E-state index in [1.54, 1.807) is 12.1 Å². The van der Waals surface area contributed by atoms with Crippen LogP contribution in [-0.4, -0.2) is 13.1 Å². The maximum absolute atomic E-state index is 14.3. The predicted molar refractivity (Wildman–Crippen MR) is 94.4 cm³/mol. The van der Waals surface area contributed by atoms with Gasteiger partial charge < -0.3 is 10.1 Å². The van der Waals surface area contributed by atoms with Gasteiger partial charge in [0.25, 0.3) is 0 Å². The first-order chi connectivity index (χ1) is 11.7. The number of benzene rings is 2. The molecule has 0 aromatic heterocycles. The number of nitrogens with one attached hydrogen (secondary N) is 1. The van der Waals surface area contributed by atoms with Crippen molar-refractivity contribution in [1.29, 1.82) is 0 Å². The van der Waals surface area contributed by atoms with Gasteiger partial charge >= 0.3 is 0 Å². The molecule has 1 N–H and O–H groups in total. The topological polar surface area (TPSA) is 21.3 Å². The molecule has 0 bridgehead atoms. The normalized spacial score (nSPS) is 21.2. The number of halogens is 2. The molecule has 0 spiro atoms. The lowest BCUT2D eigenvalue weighted by molar-refractivity contribution is 0.168. The highest BCUT2D eigenvalue weighted by atomic mass is 35.5. The van der Waals surface area contributed by atoms with Crippen molar-refractivity contribution >= 4 is 11.6 Å². The molecule has 2 heterocycles. The Morgan fingerprint density at radius 2 is 1.88 bits per heavy atom. The minimum absolute atomic E-state index is 0.238. The number of para-hydroxylation sites is 1. The van der Waals surface area contributed by atoms with E-state index in [1.165, 1.54) is 17.2 Å². The number of aryl methyl sites for hydroxylation is 1. The van der Waals surface area contributed by atoms with Gasteiger partial charge in [0.05, 0.1) is 0 Å². The van der Waals surface area contributed by atoms with Crippen LogP contribution in [0.4, 0.5) is 4.39 Å². The molecule has 0 unspecified atom stereocenters. The minimum Gasteiger partial charge on any atom is -0.485 e. The van der Waals surface area contributed by atoms with E-state index in [0.717, 1.165) is 44.5 Å². The number of fused-ring (bicyclic) bond motifs is 1. The second kappa shape index (κ2) is 6.73. The molecule has 1 saturated heterocycles. The summed E-state index contributed by atoms with van der Waals surface area (Å²) in [6, 6.07) is 11.3. The van der Waals surface area contributed by atoms with E-state index in [0.29, 0.717) is 16.5 Å². The van der Waals surface area contributed by atoms with E-state index < -0.39 is 0 Å². The maximum atomic E-state index is 14.3. The van der Waals surface area contributed by atoms with Gasteiger partial charge in [0.1, 0.15) is 17.7 Å². The van der Waals surface area contributed by atoms with Crippen molar-refractivity contribution in [2.24, 2.45) is 0 Å². The summed E-state index contributed by atoms with van der Waals surface area (Å²) < 4.78 is 20.6. The third-order valence-electron chi connectivity index (χ3n) is 5.15. The average Bonchev–Trinajstić information content (AvgIpc) is 2.61. The summed E-state index contributed by atoms with van der Waals surface area (Å²) in [5.74, 6) is 1.22. The van der Waals surface area contributed by atoms with E-state index in [1.807, 2.05) is 0 Å². The predicted octanol–water partition coefficient (Wildman–Crippen LogP) is 5.01. The summed E-state index contributed by atoms with van der Waals surface area (Å²) in [5, 5.41) is 3.83. The van der Waals surface area contributed by atoms with E-state index in [9.17, 15) is 4.39 Å². The summed E-state index contributed by atoms with van der Waals surface area (Å²) in [5.41, 5.74) is 3.13. The Morgan fingerprint density at radius 1 is 1.04 bits per heavy atom. The number of ether oxygens (including phenoxy) is 1. The Bertz CT molecular complexity index is 742. The second-order valence-electron chi connectivity index (χ2n) is 6.67. The smallest absolute Gasteiger partial charge is 0.131 e. The van der Waals surface area contributed by atoms with Gasteiger partial charge in [0.2, 0.25) is 0 Å². The third kappa shape index (κ3) is 3.03. The number of rotatable bonds is 2. The molecule has 0 amide bonds. The highest BCUT2D eigenvalue weighted by Crippen LogP contribution is 2.42. The minimum atomic E-state index is -0.282. The first kappa shape index (κ1) is 15.9. The fraction of sp³-hybridized carbons (Fsp3) is 0.400. The van der Waals surface area contributed by atoms with Crippen molar-refractivity contribution in [1.82, 2.24) is 5.32 Å². The lowest BCUT2D eigenvalue weighted by Gasteiger charge is -2.32. The van der Waals surface area contributed by atoms with E-state index in [2.05, 4.69) is 23.5 Å². The molecule has 126 valence electrons. The van der Waals surface area contributed by atoms with Crippen LogP contribution in [-0.2, 0) is 6.42 Å². The van der Waals surface area contributed by atoms with Gasteiger partial charge in [-0.1, -0.05) is 35.9 Å². The molecule has 0 aliphatic carbocycles. The van der Waals surface area contributed by atoms with Gasteiger partial charge in [-0.3, -0.25) is 0 Å². The van der Waals surface area contributed by atoms with Crippen molar-refractivity contribution in [3.8, 4) is 5.75 Å². The van der Waals surface area contributed by atoms with E-state index in [-0.39, 0.29) is 11.9 Å². The summed E-state index contributed by atoms with van der Waals surface area (Å²) in [4.78, 5) is 0. The monoisotopic (exact) mass is 345 g/mol. The molecule has 4 rings (SSSR count). The molecule has 1 fully saturated rings. The van der Waals surface area contributed by atoms with Gasteiger partial charge in [-0.15, -0.1) is 0 Å². The molecular weight excluding hydrogens is 325 g/mol.